The number of rotatable bonds is 16. The first-order valence-electron chi connectivity index (χ1n) is 16.5. The fourth-order valence-electron chi connectivity index (χ4n) is 4.93. The van der Waals surface area contributed by atoms with Crippen LogP contribution < -0.4 is 0 Å². The maximum absolute atomic E-state index is 12.6. The Labute approximate surface area is 307 Å². The van der Waals surface area contributed by atoms with Crippen molar-refractivity contribution in [2.45, 2.75) is 127 Å². The molecule has 0 saturated heterocycles. The standard InChI is InChI=1S/C38H53O9PS2/c1-35(2,3)29-15-27(16-30(33(29)43)36(4,5)6)49-21-25(41)13-23(39)19-46-48(45)47-20-24(40)14-26(42)22-50-28-17-31(37(7,8)9)34(44)32(18-28)38(10,11)12/h15-18H,13-14,19-22H2,1-12H3,(H-,43,44)/p+1. The minimum absolute atomic E-state index is 0.0232. The fourth-order valence-corrected chi connectivity index (χ4v) is 7.17. The molecule has 0 radical (unpaired) electrons. The lowest BCUT2D eigenvalue weighted by atomic mass is 9.79. The summed E-state index contributed by atoms with van der Waals surface area (Å²) in [5, 5.41) is 21.8. The summed E-state index contributed by atoms with van der Waals surface area (Å²) in [6.45, 7) is 22.8. The molecule has 50 heavy (non-hydrogen) atoms. The molecule has 276 valence electrons. The fraction of sp³-hybridized carbons (Fsp3) is 0.579. The van der Waals surface area contributed by atoms with Crippen LogP contribution in [0.4, 0.5) is 0 Å². The molecule has 0 unspecified atom stereocenters. The number of hydrogen-bond donors (Lipinski definition) is 2. The van der Waals surface area contributed by atoms with Gasteiger partial charge in [-0.15, -0.1) is 32.6 Å². The summed E-state index contributed by atoms with van der Waals surface area (Å²) in [6, 6.07) is 7.46. The molecule has 0 atom stereocenters. The first kappa shape index (κ1) is 43.6. The van der Waals surface area contributed by atoms with E-state index in [9.17, 15) is 34.0 Å². The zero-order valence-corrected chi connectivity index (χ0v) is 34.1. The lowest BCUT2D eigenvalue weighted by Gasteiger charge is -2.28. The number of thioether (sulfide) groups is 2. The maximum Gasteiger partial charge on any atom is 0.698 e. The molecule has 0 saturated carbocycles. The van der Waals surface area contributed by atoms with E-state index in [0.717, 1.165) is 32.0 Å². The second-order valence-corrected chi connectivity index (χ2v) is 19.7. The summed E-state index contributed by atoms with van der Waals surface area (Å²) in [5.41, 5.74) is 1.80. The third-order valence-corrected chi connectivity index (χ3v) is 10.4. The predicted octanol–water partition coefficient (Wildman–Crippen LogP) is 8.92. The van der Waals surface area contributed by atoms with Gasteiger partial charge in [0.05, 0.1) is 24.3 Å². The van der Waals surface area contributed by atoms with Crippen LogP contribution in [-0.2, 0) is 54.5 Å². The molecule has 0 fully saturated rings. The Balaban J connectivity index is 1.82. The van der Waals surface area contributed by atoms with Crippen molar-refractivity contribution >= 4 is 54.9 Å². The number of carbonyl (C=O) groups excluding carboxylic acids is 4. The number of aromatic hydroxyl groups is 2. The van der Waals surface area contributed by atoms with Crippen molar-refractivity contribution in [3.05, 3.63) is 46.5 Å². The van der Waals surface area contributed by atoms with E-state index in [0.29, 0.717) is 0 Å². The molecule has 12 heteroatoms. The molecule has 0 aliphatic carbocycles. The van der Waals surface area contributed by atoms with Gasteiger partial charge in [-0.3, -0.25) is 19.2 Å². The molecular weight excluding hydrogens is 696 g/mol. The van der Waals surface area contributed by atoms with Crippen molar-refractivity contribution in [3.8, 4) is 11.5 Å². The lowest BCUT2D eigenvalue weighted by molar-refractivity contribution is -0.127. The van der Waals surface area contributed by atoms with Crippen LogP contribution in [0, 0.1) is 0 Å². The SMILES string of the molecule is CC(C)(C)c1cc(SCC(=O)CC(=O)CO[P+](=O)OCC(=O)CC(=O)CSc2cc(C(C)(C)C)c(O)c(C(C)(C)C)c2)cc(C(C)(C)C)c1O. The van der Waals surface area contributed by atoms with Gasteiger partial charge >= 0.3 is 8.25 Å². The highest BCUT2D eigenvalue weighted by Gasteiger charge is 2.29. The van der Waals surface area contributed by atoms with Gasteiger partial charge in [0.15, 0.2) is 36.3 Å². The molecule has 0 heterocycles. The molecule has 9 nitrogen and oxygen atoms in total. The highest BCUT2D eigenvalue weighted by atomic mass is 32.2. The normalized spacial score (nSPS) is 12.6. The number of Topliss-reactive ketones (excluding diaryl/α,β-unsaturated/α-hetero) is 4. The maximum atomic E-state index is 12.6. The first-order valence-corrected chi connectivity index (χ1v) is 19.6. The molecule has 2 rings (SSSR count). The van der Waals surface area contributed by atoms with E-state index >= 15 is 0 Å². The summed E-state index contributed by atoms with van der Waals surface area (Å²) >= 11 is 2.55. The molecule has 0 spiro atoms. The van der Waals surface area contributed by atoms with Gasteiger partial charge in [-0.05, 0) is 45.9 Å². The van der Waals surface area contributed by atoms with E-state index in [4.69, 9.17) is 9.05 Å². The van der Waals surface area contributed by atoms with Crippen molar-refractivity contribution in [2.75, 3.05) is 24.7 Å². The third kappa shape index (κ3) is 13.5. The van der Waals surface area contributed by atoms with Crippen molar-refractivity contribution < 1.29 is 43.0 Å². The Hall–Kier alpha value is -2.56. The van der Waals surface area contributed by atoms with Crippen molar-refractivity contribution in [3.63, 3.8) is 0 Å². The van der Waals surface area contributed by atoms with Crippen LogP contribution in [0.2, 0.25) is 0 Å². The van der Waals surface area contributed by atoms with E-state index in [1.54, 1.807) is 0 Å². The van der Waals surface area contributed by atoms with E-state index in [-0.39, 0.29) is 56.2 Å². The van der Waals surface area contributed by atoms with E-state index in [1.165, 1.54) is 23.5 Å². The number of phenolic OH excluding ortho intramolecular Hbond substituents is 2. The van der Waals surface area contributed by atoms with Gasteiger partial charge in [0.1, 0.15) is 11.5 Å². The van der Waals surface area contributed by atoms with Crippen LogP contribution in [0.5, 0.6) is 11.5 Å². The second-order valence-electron chi connectivity index (χ2n) is 16.6. The van der Waals surface area contributed by atoms with Crippen molar-refractivity contribution in [1.82, 2.24) is 0 Å². The van der Waals surface area contributed by atoms with Gasteiger partial charge in [0, 0.05) is 36.6 Å². The van der Waals surface area contributed by atoms with Gasteiger partial charge in [-0.25, -0.2) is 0 Å². The summed E-state index contributed by atoms with van der Waals surface area (Å²) < 4.78 is 22.0. The van der Waals surface area contributed by atoms with Gasteiger partial charge in [-0.2, -0.15) is 0 Å². The first-order chi connectivity index (χ1) is 22.7. The van der Waals surface area contributed by atoms with Crippen molar-refractivity contribution in [1.29, 1.82) is 0 Å². The summed E-state index contributed by atoms with van der Waals surface area (Å²) in [5.74, 6) is -1.33. The Morgan fingerprint density at radius 1 is 0.540 bits per heavy atom. The average Bonchev–Trinajstić information content (AvgIpc) is 2.95. The molecule has 2 aromatic rings. The second kappa shape index (κ2) is 17.3. The molecule has 2 aromatic carbocycles. The molecule has 0 bridgehead atoms. The van der Waals surface area contributed by atoms with Crippen LogP contribution in [0.1, 0.15) is 118 Å². The van der Waals surface area contributed by atoms with E-state index in [2.05, 4.69) is 0 Å². The predicted molar refractivity (Wildman–Crippen MR) is 201 cm³/mol. The zero-order valence-electron chi connectivity index (χ0n) is 31.6. The summed E-state index contributed by atoms with van der Waals surface area (Å²) in [6.07, 6.45) is -0.847. The van der Waals surface area contributed by atoms with Gasteiger partial charge in [-0.1, -0.05) is 83.1 Å². The largest absolute Gasteiger partial charge is 0.698 e. The number of benzene rings is 2. The van der Waals surface area contributed by atoms with E-state index in [1.807, 2.05) is 107 Å². The summed E-state index contributed by atoms with van der Waals surface area (Å²) in [4.78, 5) is 51.4. The van der Waals surface area contributed by atoms with Gasteiger partial charge < -0.3 is 10.2 Å². The highest BCUT2D eigenvalue weighted by molar-refractivity contribution is 8.00. The average molecular weight is 750 g/mol. The van der Waals surface area contributed by atoms with Gasteiger partial charge in [0.25, 0.3) is 0 Å². The van der Waals surface area contributed by atoms with Gasteiger partial charge in [0.2, 0.25) is 0 Å². The third-order valence-electron chi connectivity index (χ3n) is 7.65. The van der Waals surface area contributed by atoms with Crippen LogP contribution in [0.3, 0.4) is 0 Å². The number of carbonyl (C=O) groups is 4. The van der Waals surface area contributed by atoms with E-state index < -0.39 is 45.9 Å². The zero-order chi connectivity index (χ0) is 38.4. The van der Waals surface area contributed by atoms with Crippen LogP contribution in [-0.4, -0.2) is 58.1 Å². The minimum Gasteiger partial charge on any atom is -0.507 e. The summed E-state index contributed by atoms with van der Waals surface area (Å²) in [7, 11) is -2.82. The molecule has 0 aliphatic heterocycles. The molecule has 0 aliphatic rings. The van der Waals surface area contributed by atoms with Crippen LogP contribution >= 0.6 is 31.8 Å². The number of phenols is 2. The number of ketones is 4. The minimum atomic E-state index is -2.82. The lowest BCUT2D eigenvalue weighted by Crippen LogP contribution is -2.18. The molecule has 0 aromatic heterocycles. The Morgan fingerprint density at radius 2 is 0.800 bits per heavy atom. The number of hydrogen-bond acceptors (Lipinski definition) is 11. The highest BCUT2D eigenvalue weighted by Crippen LogP contribution is 2.43. The smallest absolute Gasteiger partial charge is 0.507 e. The quantitative estimate of drug-likeness (QED) is 0.0964. The monoisotopic (exact) mass is 749 g/mol. The van der Waals surface area contributed by atoms with Crippen LogP contribution in [0.15, 0.2) is 34.1 Å². The topological polar surface area (TPSA) is 144 Å². The van der Waals surface area contributed by atoms with Crippen molar-refractivity contribution in [2.24, 2.45) is 0 Å². The Kier molecular flexibility index (Phi) is 15.1. The molecular formula is C38H54O9PS2+. The Bertz CT molecular complexity index is 1420. The Morgan fingerprint density at radius 3 is 1.04 bits per heavy atom. The molecule has 0 amide bonds. The molecule has 2 N–H and O–H groups in total. The van der Waals surface area contributed by atoms with Crippen LogP contribution in [0.25, 0.3) is 0 Å².